The number of aldehydes is 1. The lowest BCUT2D eigenvalue weighted by Gasteiger charge is -2.07. The van der Waals surface area contributed by atoms with E-state index in [0.29, 0.717) is 6.29 Å². The fourth-order valence-electron chi connectivity index (χ4n) is 1.28. The lowest BCUT2D eigenvalue weighted by molar-refractivity contribution is 0.111. The Hall–Kier alpha value is -2.01. The molecule has 0 aliphatic rings. The van der Waals surface area contributed by atoms with Crippen LogP contribution < -0.4 is 4.74 Å². The Morgan fingerprint density at radius 2 is 2.17 bits per heavy atom. The summed E-state index contributed by atoms with van der Waals surface area (Å²) in [6, 6.07) is 4.39. The van der Waals surface area contributed by atoms with E-state index < -0.39 is 5.82 Å². The maximum atomic E-state index is 13.4. The molecule has 0 atom stereocenters. The van der Waals surface area contributed by atoms with Gasteiger partial charge in [-0.15, -0.1) is 0 Å². The molecule has 0 aliphatic heterocycles. The van der Waals surface area contributed by atoms with Crippen molar-refractivity contribution in [2.45, 2.75) is 6.61 Å². The molecule has 0 aliphatic carbocycles. The average Bonchev–Trinajstić information content (AvgIpc) is 2.39. The fraction of sp³-hybridized carbons (Fsp3) is 0.0833. The Balaban J connectivity index is 2.09. The summed E-state index contributed by atoms with van der Waals surface area (Å²) in [4.78, 5) is 18.0. The van der Waals surface area contributed by atoms with Gasteiger partial charge in [0.25, 0.3) is 0 Å². The highest BCUT2D eigenvalue weighted by Crippen LogP contribution is 2.20. The topological polar surface area (TPSA) is 52.1 Å². The Bertz CT molecular complexity index is 540. The van der Waals surface area contributed by atoms with E-state index in [9.17, 15) is 9.18 Å². The standard InChI is InChI=1S/C12H8ClFN2O2/c13-10-2-1-3-11(14)9(10)7-18-12-5-15-8(6-17)4-16-12/h1-6H,7H2. The summed E-state index contributed by atoms with van der Waals surface area (Å²) in [6.45, 7) is -0.0549. The Labute approximate surface area is 107 Å². The van der Waals surface area contributed by atoms with Gasteiger partial charge < -0.3 is 4.74 Å². The van der Waals surface area contributed by atoms with Crippen molar-refractivity contribution in [2.75, 3.05) is 0 Å². The number of ether oxygens (including phenoxy) is 1. The van der Waals surface area contributed by atoms with Crippen LogP contribution in [0.2, 0.25) is 5.02 Å². The smallest absolute Gasteiger partial charge is 0.232 e. The number of carbonyl (C=O) groups is 1. The normalized spacial score (nSPS) is 10.1. The van der Waals surface area contributed by atoms with E-state index in [4.69, 9.17) is 16.3 Å². The predicted octanol–water partition coefficient (Wildman–Crippen LogP) is 2.66. The number of aromatic nitrogens is 2. The quantitative estimate of drug-likeness (QED) is 0.799. The second-order valence-corrected chi connectivity index (χ2v) is 3.79. The maximum absolute atomic E-state index is 13.4. The van der Waals surface area contributed by atoms with Crippen LogP contribution in [0.25, 0.3) is 0 Å². The first kappa shape index (κ1) is 12.4. The van der Waals surface area contributed by atoms with E-state index in [1.807, 2.05) is 0 Å². The zero-order chi connectivity index (χ0) is 13.0. The van der Waals surface area contributed by atoms with Crippen molar-refractivity contribution < 1.29 is 13.9 Å². The summed E-state index contributed by atoms with van der Waals surface area (Å²) in [5.41, 5.74) is 0.451. The van der Waals surface area contributed by atoms with Crippen molar-refractivity contribution in [3.63, 3.8) is 0 Å². The van der Waals surface area contributed by atoms with Gasteiger partial charge >= 0.3 is 0 Å². The highest BCUT2D eigenvalue weighted by molar-refractivity contribution is 6.31. The SMILES string of the molecule is O=Cc1cnc(OCc2c(F)cccc2Cl)cn1. The van der Waals surface area contributed by atoms with Gasteiger partial charge in [-0.3, -0.25) is 4.79 Å². The van der Waals surface area contributed by atoms with Gasteiger partial charge in [-0.25, -0.2) is 14.4 Å². The highest BCUT2D eigenvalue weighted by atomic mass is 35.5. The van der Waals surface area contributed by atoms with Gasteiger partial charge in [0.1, 0.15) is 18.1 Å². The minimum absolute atomic E-state index is 0.0549. The van der Waals surface area contributed by atoms with Crippen LogP contribution in [0.15, 0.2) is 30.6 Å². The third-order valence-electron chi connectivity index (χ3n) is 2.19. The van der Waals surface area contributed by atoms with Crippen LogP contribution in [-0.2, 0) is 6.61 Å². The van der Waals surface area contributed by atoms with Crippen molar-refractivity contribution in [2.24, 2.45) is 0 Å². The third kappa shape index (κ3) is 2.81. The van der Waals surface area contributed by atoms with Gasteiger partial charge in [0.2, 0.25) is 5.88 Å². The van der Waals surface area contributed by atoms with Crippen LogP contribution in [-0.4, -0.2) is 16.3 Å². The first-order chi connectivity index (χ1) is 8.70. The molecular weight excluding hydrogens is 259 g/mol. The van der Waals surface area contributed by atoms with E-state index in [1.165, 1.54) is 24.5 Å². The number of benzene rings is 1. The van der Waals surface area contributed by atoms with Crippen LogP contribution in [0.1, 0.15) is 16.1 Å². The number of nitrogens with zero attached hydrogens (tertiary/aromatic N) is 2. The lowest BCUT2D eigenvalue weighted by Crippen LogP contribution is -2.01. The van der Waals surface area contributed by atoms with Gasteiger partial charge in [-0.05, 0) is 12.1 Å². The van der Waals surface area contributed by atoms with Crippen molar-refractivity contribution in [1.29, 1.82) is 0 Å². The summed E-state index contributed by atoms with van der Waals surface area (Å²) < 4.78 is 18.7. The average molecular weight is 267 g/mol. The van der Waals surface area contributed by atoms with E-state index >= 15 is 0 Å². The largest absolute Gasteiger partial charge is 0.472 e. The molecule has 0 unspecified atom stereocenters. The number of halogens is 2. The zero-order valence-electron chi connectivity index (χ0n) is 9.14. The van der Waals surface area contributed by atoms with Gasteiger partial charge in [0, 0.05) is 5.56 Å². The minimum atomic E-state index is -0.444. The van der Waals surface area contributed by atoms with Crippen molar-refractivity contribution >= 4 is 17.9 Å². The Kier molecular flexibility index (Phi) is 3.84. The number of hydrogen-bond acceptors (Lipinski definition) is 4. The second kappa shape index (κ2) is 5.55. The molecular formula is C12H8ClFN2O2. The van der Waals surface area contributed by atoms with Gasteiger partial charge in [0.05, 0.1) is 17.4 Å². The molecule has 4 nitrogen and oxygen atoms in total. The van der Waals surface area contributed by atoms with E-state index in [1.54, 1.807) is 6.07 Å². The molecule has 6 heteroatoms. The van der Waals surface area contributed by atoms with Crippen LogP contribution >= 0.6 is 11.6 Å². The first-order valence-corrected chi connectivity index (χ1v) is 5.41. The molecule has 0 spiro atoms. The summed E-state index contributed by atoms with van der Waals surface area (Å²) in [7, 11) is 0. The lowest BCUT2D eigenvalue weighted by atomic mass is 10.2. The van der Waals surface area contributed by atoms with Gasteiger partial charge in [0.15, 0.2) is 6.29 Å². The van der Waals surface area contributed by atoms with Crippen molar-refractivity contribution in [3.05, 3.63) is 52.7 Å². The molecule has 92 valence electrons. The maximum Gasteiger partial charge on any atom is 0.232 e. The molecule has 0 saturated carbocycles. The van der Waals surface area contributed by atoms with E-state index in [2.05, 4.69) is 9.97 Å². The molecule has 0 bridgehead atoms. The molecule has 18 heavy (non-hydrogen) atoms. The summed E-state index contributed by atoms with van der Waals surface area (Å²) in [5, 5.41) is 0.285. The molecule has 1 heterocycles. The highest BCUT2D eigenvalue weighted by Gasteiger charge is 2.08. The minimum Gasteiger partial charge on any atom is -0.472 e. The van der Waals surface area contributed by atoms with Crippen LogP contribution in [0.5, 0.6) is 5.88 Å². The summed E-state index contributed by atoms with van der Waals surface area (Å²) >= 11 is 5.84. The molecule has 2 aromatic rings. The Morgan fingerprint density at radius 3 is 2.78 bits per heavy atom. The third-order valence-corrected chi connectivity index (χ3v) is 2.55. The monoisotopic (exact) mass is 266 g/mol. The van der Waals surface area contributed by atoms with Crippen molar-refractivity contribution in [1.82, 2.24) is 9.97 Å². The predicted molar refractivity (Wildman–Crippen MR) is 63.2 cm³/mol. The molecule has 0 radical (unpaired) electrons. The van der Waals surface area contributed by atoms with E-state index in [0.717, 1.165) is 0 Å². The van der Waals surface area contributed by atoms with Crippen molar-refractivity contribution in [3.8, 4) is 5.88 Å². The van der Waals surface area contributed by atoms with Crippen LogP contribution in [0.3, 0.4) is 0 Å². The zero-order valence-corrected chi connectivity index (χ0v) is 9.89. The van der Waals surface area contributed by atoms with E-state index in [-0.39, 0.29) is 28.8 Å². The molecule has 1 aromatic carbocycles. The number of carbonyl (C=O) groups excluding carboxylic acids is 1. The van der Waals surface area contributed by atoms with Crippen LogP contribution in [0, 0.1) is 5.82 Å². The summed E-state index contributed by atoms with van der Waals surface area (Å²) in [6.07, 6.45) is 3.13. The molecule has 2 rings (SSSR count). The molecule has 0 N–H and O–H groups in total. The molecule has 0 amide bonds. The van der Waals surface area contributed by atoms with Crippen LogP contribution in [0.4, 0.5) is 4.39 Å². The number of rotatable bonds is 4. The van der Waals surface area contributed by atoms with Gasteiger partial charge in [-0.2, -0.15) is 0 Å². The number of hydrogen-bond donors (Lipinski definition) is 0. The molecule has 0 fully saturated rings. The molecule has 1 aromatic heterocycles. The first-order valence-electron chi connectivity index (χ1n) is 5.03. The molecule has 0 saturated heterocycles. The van der Waals surface area contributed by atoms with Gasteiger partial charge in [-0.1, -0.05) is 17.7 Å². The Morgan fingerprint density at radius 1 is 1.33 bits per heavy atom. The second-order valence-electron chi connectivity index (χ2n) is 3.39. The fourth-order valence-corrected chi connectivity index (χ4v) is 1.50. The summed E-state index contributed by atoms with van der Waals surface area (Å²) in [5.74, 6) is -0.250.